The molecule has 4 heteroatoms. The number of rotatable bonds is 3. The average Bonchev–Trinajstić information content (AvgIpc) is 2.64. The van der Waals surface area contributed by atoms with Crippen LogP contribution in [0, 0.1) is 0 Å². The fourth-order valence-corrected chi connectivity index (χ4v) is 1.75. The Morgan fingerprint density at radius 2 is 1.94 bits per heavy atom. The van der Waals surface area contributed by atoms with Crippen LogP contribution in [0.3, 0.4) is 0 Å². The van der Waals surface area contributed by atoms with Gasteiger partial charge in [0.25, 0.3) is 5.78 Å². The van der Waals surface area contributed by atoms with Crippen molar-refractivity contribution in [3.8, 4) is 0 Å². The fraction of sp³-hybridized carbons (Fsp3) is 0.0769. The Kier molecular flexibility index (Phi) is 2.78. The summed E-state index contributed by atoms with van der Waals surface area (Å²) in [7, 11) is 0. The van der Waals surface area contributed by atoms with E-state index >= 15 is 0 Å². The van der Waals surface area contributed by atoms with Crippen molar-refractivity contribution in [2.75, 3.05) is 0 Å². The van der Waals surface area contributed by atoms with Crippen molar-refractivity contribution in [3.63, 3.8) is 0 Å². The zero-order valence-corrected chi connectivity index (χ0v) is 8.88. The largest absolute Gasteiger partial charge is 0.507 e. The van der Waals surface area contributed by atoms with Gasteiger partial charge >= 0.3 is 5.97 Å². The number of allylic oxidation sites excluding steroid dienone is 2. The number of aliphatic hydroxyl groups excluding tert-OH is 1. The molecule has 0 unspecified atom stereocenters. The topological polar surface area (TPSA) is 74.6 Å². The van der Waals surface area contributed by atoms with Crippen LogP contribution in [-0.4, -0.2) is 22.0 Å². The lowest BCUT2D eigenvalue weighted by atomic mass is 10.1. The van der Waals surface area contributed by atoms with Crippen LogP contribution in [0.2, 0.25) is 0 Å². The van der Waals surface area contributed by atoms with Crippen molar-refractivity contribution in [1.29, 1.82) is 0 Å². The van der Waals surface area contributed by atoms with Gasteiger partial charge in [0.1, 0.15) is 5.76 Å². The van der Waals surface area contributed by atoms with Crippen LogP contribution in [0.25, 0.3) is 5.76 Å². The molecule has 2 rings (SSSR count). The number of carboxylic acids is 1. The van der Waals surface area contributed by atoms with Crippen molar-refractivity contribution >= 4 is 17.5 Å². The van der Waals surface area contributed by atoms with Crippen molar-refractivity contribution in [3.05, 3.63) is 53.1 Å². The van der Waals surface area contributed by atoms with Gasteiger partial charge < -0.3 is 10.2 Å². The summed E-state index contributed by atoms with van der Waals surface area (Å²) < 4.78 is 0. The van der Waals surface area contributed by atoms with Crippen molar-refractivity contribution in [1.82, 2.24) is 0 Å². The van der Waals surface area contributed by atoms with Crippen molar-refractivity contribution < 1.29 is 19.8 Å². The fourth-order valence-electron chi connectivity index (χ4n) is 1.75. The number of carboxylic acid groups (broad SMARTS) is 1. The number of carbonyl (C=O) groups is 2. The molecule has 0 aliphatic heterocycles. The minimum Gasteiger partial charge on any atom is -0.507 e. The summed E-state index contributed by atoms with van der Waals surface area (Å²) in [6, 6.07) is 7.33. The van der Waals surface area contributed by atoms with Crippen LogP contribution < -0.4 is 0 Å². The molecular formula is C13H10O4. The summed E-state index contributed by atoms with van der Waals surface area (Å²) in [4.78, 5) is 21.2. The van der Waals surface area contributed by atoms with Gasteiger partial charge in [0.2, 0.25) is 0 Å². The number of hydrogen-bond acceptors (Lipinski definition) is 3. The molecule has 1 aliphatic carbocycles. The summed E-state index contributed by atoms with van der Waals surface area (Å²) in [5, 5.41) is 18.3. The SMILES string of the molecule is O=C(O)C(=O)C=CC1=C(O)c2ccccc2C1. The molecule has 4 nitrogen and oxygen atoms in total. The highest BCUT2D eigenvalue weighted by Gasteiger charge is 2.19. The molecule has 0 radical (unpaired) electrons. The Hall–Kier alpha value is -2.36. The second-order valence-corrected chi connectivity index (χ2v) is 3.71. The van der Waals surface area contributed by atoms with E-state index in [-0.39, 0.29) is 5.76 Å². The Bertz CT molecular complexity index is 552. The van der Waals surface area contributed by atoms with Gasteiger partial charge in [-0.05, 0) is 17.2 Å². The quantitative estimate of drug-likeness (QED) is 0.612. The van der Waals surface area contributed by atoms with Crippen LogP contribution in [0.5, 0.6) is 0 Å². The zero-order chi connectivity index (χ0) is 12.4. The molecule has 1 aromatic carbocycles. The Balaban J connectivity index is 2.24. The molecule has 0 saturated carbocycles. The normalized spacial score (nSPS) is 14.1. The van der Waals surface area contributed by atoms with Crippen LogP contribution >= 0.6 is 0 Å². The van der Waals surface area contributed by atoms with Gasteiger partial charge in [-0.15, -0.1) is 0 Å². The number of carbonyl (C=O) groups excluding carboxylic acids is 1. The third kappa shape index (κ3) is 2.10. The highest BCUT2D eigenvalue weighted by atomic mass is 16.4. The first-order valence-corrected chi connectivity index (χ1v) is 5.05. The van der Waals surface area contributed by atoms with E-state index in [4.69, 9.17) is 5.11 Å². The summed E-state index contributed by atoms with van der Waals surface area (Å²) in [6.45, 7) is 0. The predicted molar refractivity (Wildman–Crippen MR) is 61.5 cm³/mol. The predicted octanol–water partition coefficient (Wildman–Crippen LogP) is 1.72. The third-order valence-electron chi connectivity index (χ3n) is 2.60. The van der Waals surface area contributed by atoms with E-state index in [0.29, 0.717) is 12.0 Å². The molecule has 0 amide bonds. The van der Waals surface area contributed by atoms with Gasteiger partial charge in [-0.1, -0.05) is 30.3 Å². The summed E-state index contributed by atoms with van der Waals surface area (Å²) >= 11 is 0. The van der Waals surface area contributed by atoms with Crippen LogP contribution in [0.1, 0.15) is 11.1 Å². The van der Waals surface area contributed by atoms with E-state index in [0.717, 1.165) is 17.2 Å². The van der Waals surface area contributed by atoms with Crippen LogP contribution in [0.4, 0.5) is 0 Å². The van der Waals surface area contributed by atoms with E-state index in [1.54, 1.807) is 6.07 Å². The Labute approximate surface area is 97.5 Å². The average molecular weight is 230 g/mol. The number of aliphatic carboxylic acids is 1. The molecule has 17 heavy (non-hydrogen) atoms. The number of ketones is 1. The molecule has 0 heterocycles. The number of hydrogen-bond donors (Lipinski definition) is 2. The second-order valence-electron chi connectivity index (χ2n) is 3.71. The maximum atomic E-state index is 10.9. The summed E-state index contributed by atoms with van der Waals surface area (Å²) in [6.07, 6.45) is 2.82. The molecule has 0 fully saturated rings. The van der Waals surface area contributed by atoms with E-state index in [1.807, 2.05) is 18.2 Å². The molecule has 0 atom stereocenters. The monoisotopic (exact) mass is 230 g/mol. The molecule has 0 aromatic heterocycles. The zero-order valence-electron chi connectivity index (χ0n) is 8.88. The molecular weight excluding hydrogens is 220 g/mol. The van der Waals surface area contributed by atoms with E-state index < -0.39 is 11.8 Å². The highest BCUT2D eigenvalue weighted by molar-refractivity contribution is 6.37. The number of fused-ring (bicyclic) bond motifs is 1. The smallest absolute Gasteiger partial charge is 0.376 e. The minimum absolute atomic E-state index is 0.107. The standard InChI is InChI=1S/C13H10O4/c14-11(13(16)17)6-5-9-7-8-3-1-2-4-10(8)12(9)15/h1-6,15H,7H2,(H,16,17). The molecule has 0 spiro atoms. The van der Waals surface area contributed by atoms with Gasteiger partial charge in [-0.2, -0.15) is 0 Å². The molecule has 86 valence electrons. The molecule has 1 aromatic rings. The first kappa shape index (κ1) is 11.1. The van der Waals surface area contributed by atoms with Crippen LogP contribution in [0.15, 0.2) is 42.0 Å². The van der Waals surface area contributed by atoms with Gasteiger partial charge in [0, 0.05) is 12.0 Å². The maximum Gasteiger partial charge on any atom is 0.376 e. The lowest BCUT2D eigenvalue weighted by Gasteiger charge is -1.96. The number of benzene rings is 1. The molecule has 0 bridgehead atoms. The van der Waals surface area contributed by atoms with E-state index in [1.165, 1.54) is 6.08 Å². The summed E-state index contributed by atoms with van der Waals surface area (Å²) in [5.74, 6) is -2.40. The van der Waals surface area contributed by atoms with E-state index in [9.17, 15) is 14.7 Å². The first-order valence-electron chi connectivity index (χ1n) is 5.05. The lowest BCUT2D eigenvalue weighted by molar-refractivity contribution is -0.146. The van der Waals surface area contributed by atoms with Crippen molar-refractivity contribution in [2.24, 2.45) is 0 Å². The molecule has 1 aliphatic rings. The maximum absolute atomic E-state index is 10.9. The van der Waals surface area contributed by atoms with Gasteiger partial charge in [-0.3, -0.25) is 4.79 Å². The van der Waals surface area contributed by atoms with Gasteiger partial charge in [0.15, 0.2) is 0 Å². The van der Waals surface area contributed by atoms with Crippen LogP contribution in [-0.2, 0) is 16.0 Å². The second kappa shape index (κ2) is 4.25. The van der Waals surface area contributed by atoms with E-state index in [2.05, 4.69) is 0 Å². The summed E-state index contributed by atoms with van der Waals surface area (Å²) in [5.41, 5.74) is 2.25. The minimum atomic E-state index is -1.50. The van der Waals surface area contributed by atoms with Gasteiger partial charge in [-0.25, -0.2) is 4.79 Å². The van der Waals surface area contributed by atoms with Gasteiger partial charge in [0.05, 0.1) is 0 Å². The lowest BCUT2D eigenvalue weighted by Crippen LogP contribution is -2.08. The Morgan fingerprint density at radius 3 is 2.59 bits per heavy atom. The van der Waals surface area contributed by atoms with Crippen molar-refractivity contribution in [2.45, 2.75) is 6.42 Å². The number of aliphatic hydroxyl groups is 1. The molecule has 0 saturated heterocycles. The molecule has 2 N–H and O–H groups in total. The first-order chi connectivity index (χ1) is 8.09. The Morgan fingerprint density at radius 1 is 1.24 bits per heavy atom. The third-order valence-corrected chi connectivity index (χ3v) is 2.60. The highest BCUT2D eigenvalue weighted by Crippen LogP contribution is 2.31.